The van der Waals surface area contributed by atoms with E-state index in [1.165, 1.54) is 12.1 Å². The average Bonchev–Trinajstić information content (AvgIpc) is 2.62. The number of carbonyl (C=O) groups is 1. The molecule has 0 spiro atoms. The van der Waals surface area contributed by atoms with E-state index in [-0.39, 0.29) is 10.9 Å². The van der Waals surface area contributed by atoms with Gasteiger partial charge in [-0.25, -0.2) is 4.79 Å². The summed E-state index contributed by atoms with van der Waals surface area (Å²) >= 11 is 0. The van der Waals surface area contributed by atoms with Gasteiger partial charge in [-0.2, -0.15) is 0 Å². The van der Waals surface area contributed by atoms with Crippen molar-refractivity contribution in [3.05, 3.63) is 17.9 Å². The third-order valence-corrected chi connectivity index (χ3v) is 2.96. The van der Waals surface area contributed by atoms with E-state index >= 15 is 0 Å². The van der Waals surface area contributed by atoms with Crippen molar-refractivity contribution in [3.8, 4) is 0 Å². The number of carboxylic acids is 1. The van der Waals surface area contributed by atoms with Crippen molar-refractivity contribution in [2.45, 2.75) is 5.09 Å². The van der Waals surface area contributed by atoms with E-state index in [0.29, 0.717) is 12.3 Å². The van der Waals surface area contributed by atoms with Crippen molar-refractivity contribution in [2.75, 3.05) is 26.4 Å². The summed E-state index contributed by atoms with van der Waals surface area (Å²) in [6, 6.07) is 2.75. The average molecular weight is 231 g/mol. The summed E-state index contributed by atoms with van der Waals surface area (Å²) in [4.78, 5) is 12.4. The highest BCUT2D eigenvalue weighted by molar-refractivity contribution is 7.84. The molecule has 0 aliphatic rings. The second kappa shape index (κ2) is 5.09. The van der Waals surface area contributed by atoms with Crippen LogP contribution in [0.25, 0.3) is 0 Å². The fourth-order valence-corrected chi connectivity index (χ4v) is 2.06. The van der Waals surface area contributed by atoms with Gasteiger partial charge in [0, 0.05) is 12.3 Å². The van der Waals surface area contributed by atoms with Gasteiger partial charge in [-0.3, -0.25) is 4.21 Å². The maximum absolute atomic E-state index is 11.6. The van der Waals surface area contributed by atoms with E-state index in [1.807, 2.05) is 19.0 Å². The number of furan rings is 1. The van der Waals surface area contributed by atoms with Crippen LogP contribution in [0.1, 0.15) is 10.6 Å². The monoisotopic (exact) mass is 231 g/mol. The summed E-state index contributed by atoms with van der Waals surface area (Å²) in [5.41, 5.74) is 0. The van der Waals surface area contributed by atoms with Crippen LogP contribution in [0.15, 0.2) is 21.6 Å². The zero-order valence-electron chi connectivity index (χ0n) is 8.60. The van der Waals surface area contributed by atoms with E-state index < -0.39 is 16.8 Å². The summed E-state index contributed by atoms with van der Waals surface area (Å²) in [6.07, 6.45) is 0. The topological polar surface area (TPSA) is 70.8 Å². The molecule has 84 valence electrons. The van der Waals surface area contributed by atoms with Crippen LogP contribution in [0.5, 0.6) is 0 Å². The molecule has 1 N–H and O–H groups in total. The third kappa shape index (κ3) is 3.49. The van der Waals surface area contributed by atoms with Crippen LogP contribution in [-0.4, -0.2) is 46.6 Å². The standard InChI is InChI=1S/C9H13NO4S/c1-10(2)5-6-15(13)8-4-3-7(14-8)9(11)12/h3-4H,5-6H2,1-2H3,(H,11,12). The van der Waals surface area contributed by atoms with Gasteiger partial charge in [-0.15, -0.1) is 0 Å². The molecule has 6 heteroatoms. The fraction of sp³-hybridized carbons (Fsp3) is 0.444. The van der Waals surface area contributed by atoms with Crippen molar-refractivity contribution in [3.63, 3.8) is 0 Å². The molecule has 1 aromatic heterocycles. The number of hydrogen-bond donors (Lipinski definition) is 1. The van der Waals surface area contributed by atoms with E-state index in [4.69, 9.17) is 9.52 Å². The Balaban J connectivity index is 2.62. The summed E-state index contributed by atoms with van der Waals surface area (Å²) < 4.78 is 16.5. The first-order valence-electron chi connectivity index (χ1n) is 4.37. The first-order chi connectivity index (χ1) is 7.00. The lowest BCUT2D eigenvalue weighted by molar-refractivity contribution is 0.0656. The molecule has 0 aromatic carbocycles. The Bertz CT molecular complexity index is 372. The Morgan fingerprint density at radius 2 is 2.20 bits per heavy atom. The molecule has 1 heterocycles. The number of aromatic carboxylic acids is 1. The summed E-state index contributed by atoms with van der Waals surface area (Å²) in [7, 11) is 2.48. The maximum Gasteiger partial charge on any atom is 0.371 e. The molecule has 1 aromatic rings. The number of hydrogen-bond acceptors (Lipinski definition) is 4. The molecule has 0 amide bonds. The van der Waals surface area contributed by atoms with Crippen molar-refractivity contribution < 1.29 is 18.5 Å². The van der Waals surface area contributed by atoms with Gasteiger partial charge in [-0.1, -0.05) is 0 Å². The van der Waals surface area contributed by atoms with Crippen LogP contribution in [0.2, 0.25) is 0 Å². The minimum absolute atomic E-state index is 0.178. The molecular weight excluding hydrogens is 218 g/mol. The van der Waals surface area contributed by atoms with Crippen molar-refractivity contribution in [1.29, 1.82) is 0 Å². The minimum atomic E-state index is -1.27. The highest BCUT2D eigenvalue weighted by Crippen LogP contribution is 2.12. The largest absolute Gasteiger partial charge is 0.475 e. The number of nitrogens with zero attached hydrogens (tertiary/aromatic N) is 1. The van der Waals surface area contributed by atoms with E-state index in [2.05, 4.69) is 0 Å². The Labute approximate surface area is 90.1 Å². The summed E-state index contributed by atoms with van der Waals surface area (Å²) in [5.74, 6) is -0.895. The first-order valence-corrected chi connectivity index (χ1v) is 5.69. The third-order valence-electron chi connectivity index (χ3n) is 1.74. The predicted octanol–water partition coefficient (Wildman–Crippen LogP) is 0.647. The molecule has 0 saturated heterocycles. The second-order valence-corrected chi connectivity index (χ2v) is 4.78. The molecule has 5 nitrogen and oxygen atoms in total. The van der Waals surface area contributed by atoms with Gasteiger partial charge in [-0.05, 0) is 26.2 Å². The van der Waals surface area contributed by atoms with Crippen LogP contribution in [-0.2, 0) is 10.8 Å². The lowest BCUT2D eigenvalue weighted by Crippen LogP contribution is -2.18. The zero-order valence-corrected chi connectivity index (χ0v) is 9.41. The fourth-order valence-electron chi connectivity index (χ4n) is 0.924. The second-order valence-electron chi connectivity index (χ2n) is 3.28. The smallest absolute Gasteiger partial charge is 0.371 e. The van der Waals surface area contributed by atoms with Crippen LogP contribution < -0.4 is 0 Å². The quantitative estimate of drug-likeness (QED) is 0.805. The van der Waals surface area contributed by atoms with Gasteiger partial charge < -0.3 is 14.4 Å². The van der Waals surface area contributed by atoms with E-state index in [1.54, 1.807) is 0 Å². The molecule has 0 radical (unpaired) electrons. The molecular formula is C9H13NO4S. The van der Waals surface area contributed by atoms with Crippen molar-refractivity contribution >= 4 is 16.8 Å². The highest BCUT2D eigenvalue weighted by atomic mass is 32.2. The maximum atomic E-state index is 11.6. The van der Waals surface area contributed by atoms with Crippen LogP contribution in [0.4, 0.5) is 0 Å². The van der Waals surface area contributed by atoms with Gasteiger partial charge in [0.25, 0.3) is 0 Å². The molecule has 1 atom stereocenters. The SMILES string of the molecule is CN(C)CCS(=O)c1ccc(C(=O)O)o1. The normalized spacial score (nSPS) is 13.0. The van der Waals surface area contributed by atoms with E-state index in [9.17, 15) is 9.00 Å². The minimum Gasteiger partial charge on any atom is -0.475 e. The predicted molar refractivity (Wildman–Crippen MR) is 55.5 cm³/mol. The molecule has 0 saturated carbocycles. The summed E-state index contributed by atoms with van der Waals surface area (Å²) in [6.45, 7) is 0.662. The zero-order chi connectivity index (χ0) is 11.4. The molecule has 0 bridgehead atoms. The Kier molecular flexibility index (Phi) is 4.05. The van der Waals surface area contributed by atoms with Crippen LogP contribution in [0.3, 0.4) is 0 Å². The van der Waals surface area contributed by atoms with Crippen LogP contribution in [0, 0.1) is 0 Å². The summed E-state index contributed by atoms with van der Waals surface area (Å²) in [5, 5.41) is 8.81. The van der Waals surface area contributed by atoms with Gasteiger partial charge in [0.15, 0.2) is 5.09 Å². The number of rotatable bonds is 5. The van der Waals surface area contributed by atoms with Gasteiger partial charge >= 0.3 is 5.97 Å². The molecule has 0 aliphatic heterocycles. The van der Waals surface area contributed by atoms with Crippen molar-refractivity contribution in [1.82, 2.24) is 4.90 Å². The molecule has 1 unspecified atom stereocenters. The van der Waals surface area contributed by atoms with Gasteiger partial charge in [0.2, 0.25) is 5.76 Å². The Morgan fingerprint density at radius 1 is 1.53 bits per heavy atom. The molecule has 0 fully saturated rings. The van der Waals surface area contributed by atoms with Gasteiger partial charge in [0.1, 0.15) is 0 Å². The molecule has 1 rings (SSSR count). The van der Waals surface area contributed by atoms with Crippen molar-refractivity contribution in [2.24, 2.45) is 0 Å². The lowest BCUT2D eigenvalue weighted by Gasteiger charge is -2.07. The molecule has 15 heavy (non-hydrogen) atoms. The lowest BCUT2D eigenvalue weighted by atomic mass is 10.5. The highest BCUT2D eigenvalue weighted by Gasteiger charge is 2.13. The van der Waals surface area contributed by atoms with Crippen LogP contribution >= 0.6 is 0 Å². The van der Waals surface area contributed by atoms with Gasteiger partial charge in [0.05, 0.1) is 10.8 Å². The molecule has 0 aliphatic carbocycles. The van der Waals surface area contributed by atoms with E-state index in [0.717, 1.165) is 0 Å². The number of carboxylic acid groups (broad SMARTS) is 1. The Hall–Kier alpha value is -1.14. The Morgan fingerprint density at radius 3 is 2.67 bits per heavy atom. The first kappa shape index (κ1) is 11.9.